The number of carbonyl (C=O) groups is 1. The lowest BCUT2D eigenvalue weighted by Crippen LogP contribution is -2.24. The third-order valence-corrected chi connectivity index (χ3v) is 4.31. The highest BCUT2D eigenvalue weighted by Gasteiger charge is 2.16. The van der Waals surface area contributed by atoms with Crippen molar-refractivity contribution < 1.29 is 14.5 Å². The van der Waals surface area contributed by atoms with Crippen LogP contribution in [0.1, 0.15) is 37.3 Å². The standard InChI is InChI=1S/C18H20N4O4/c23-18(13-26-17-8-4-3-7-16(17)22(24)25)20-19-11-14-9-10-21(12-14)15-5-1-2-6-15/h3-4,7-12,15H,1-2,5-6,13H2,(H,20,23)/b19-11+. The maximum Gasteiger partial charge on any atom is 0.310 e. The Morgan fingerprint density at radius 1 is 1.35 bits per heavy atom. The molecule has 26 heavy (non-hydrogen) atoms. The van der Waals surface area contributed by atoms with E-state index in [0.29, 0.717) is 6.04 Å². The number of hydrogen-bond donors (Lipinski definition) is 1. The van der Waals surface area contributed by atoms with Crippen molar-refractivity contribution in [2.24, 2.45) is 5.10 Å². The average molecular weight is 356 g/mol. The number of ether oxygens (including phenoxy) is 1. The van der Waals surface area contributed by atoms with Crippen LogP contribution in [0.2, 0.25) is 0 Å². The number of hydrogen-bond acceptors (Lipinski definition) is 5. The molecule has 0 aliphatic heterocycles. The van der Waals surface area contributed by atoms with Gasteiger partial charge >= 0.3 is 5.69 Å². The second-order valence-electron chi connectivity index (χ2n) is 6.14. The molecule has 1 amide bonds. The largest absolute Gasteiger partial charge is 0.477 e. The predicted molar refractivity (Wildman–Crippen MR) is 96.3 cm³/mol. The number of nitrogens with zero attached hydrogens (tertiary/aromatic N) is 3. The van der Waals surface area contributed by atoms with Crippen LogP contribution < -0.4 is 10.2 Å². The van der Waals surface area contributed by atoms with Gasteiger partial charge in [-0.1, -0.05) is 25.0 Å². The number of hydrazone groups is 1. The fourth-order valence-corrected chi connectivity index (χ4v) is 3.02. The molecule has 0 saturated heterocycles. The van der Waals surface area contributed by atoms with Crippen molar-refractivity contribution in [1.82, 2.24) is 9.99 Å². The molecule has 1 heterocycles. The van der Waals surface area contributed by atoms with E-state index in [1.807, 2.05) is 18.5 Å². The van der Waals surface area contributed by atoms with E-state index < -0.39 is 10.8 Å². The zero-order valence-corrected chi connectivity index (χ0v) is 14.2. The fourth-order valence-electron chi connectivity index (χ4n) is 3.02. The Labute approximate surface area is 150 Å². The summed E-state index contributed by atoms with van der Waals surface area (Å²) in [6, 6.07) is 8.40. The first-order chi connectivity index (χ1) is 12.6. The van der Waals surface area contributed by atoms with E-state index >= 15 is 0 Å². The Bertz CT molecular complexity index is 809. The number of amides is 1. The minimum atomic E-state index is -0.555. The number of benzene rings is 1. The third-order valence-electron chi connectivity index (χ3n) is 4.31. The highest BCUT2D eigenvalue weighted by atomic mass is 16.6. The SMILES string of the molecule is O=C(COc1ccccc1[N+](=O)[O-])N/N=C/c1ccn(C2CCCC2)c1. The van der Waals surface area contributed by atoms with Crippen molar-refractivity contribution in [3.8, 4) is 5.75 Å². The van der Waals surface area contributed by atoms with Crippen LogP contribution in [0.25, 0.3) is 0 Å². The first-order valence-electron chi connectivity index (χ1n) is 8.49. The Morgan fingerprint density at radius 2 is 2.12 bits per heavy atom. The van der Waals surface area contributed by atoms with Gasteiger partial charge in [0.05, 0.1) is 11.1 Å². The summed E-state index contributed by atoms with van der Waals surface area (Å²) in [4.78, 5) is 22.1. The van der Waals surface area contributed by atoms with Crippen LogP contribution >= 0.6 is 0 Å². The van der Waals surface area contributed by atoms with Crippen LogP contribution in [0.15, 0.2) is 47.8 Å². The molecule has 1 saturated carbocycles. The first-order valence-corrected chi connectivity index (χ1v) is 8.49. The third kappa shape index (κ3) is 4.47. The topological polar surface area (TPSA) is 98.8 Å². The summed E-state index contributed by atoms with van der Waals surface area (Å²) < 4.78 is 7.39. The molecule has 0 bridgehead atoms. The monoisotopic (exact) mass is 356 g/mol. The van der Waals surface area contributed by atoms with Gasteiger partial charge in [0, 0.05) is 30.1 Å². The summed E-state index contributed by atoms with van der Waals surface area (Å²) in [6.07, 6.45) is 10.5. The molecule has 136 valence electrons. The number of aromatic nitrogens is 1. The molecular formula is C18H20N4O4. The Balaban J connectivity index is 1.48. The maximum atomic E-state index is 11.8. The molecule has 3 rings (SSSR count). The van der Waals surface area contributed by atoms with Crippen molar-refractivity contribution in [3.05, 3.63) is 58.4 Å². The fraction of sp³-hybridized carbons (Fsp3) is 0.333. The molecule has 2 aromatic rings. The second-order valence-corrected chi connectivity index (χ2v) is 6.14. The highest BCUT2D eigenvalue weighted by Crippen LogP contribution is 2.29. The van der Waals surface area contributed by atoms with Gasteiger partial charge in [-0.3, -0.25) is 14.9 Å². The van der Waals surface area contributed by atoms with Gasteiger partial charge in [0.15, 0.2) is 12.4 Å². The molecule has 1 fully saturated rings. The number of rotatable bonds is 7. The zero-order valence-electron chi connectivity index (χ0n) is 14.2. The zero-order chi connectivity index (χ0) is 18.4. The molecule has 1 N–H and O–H groups in total. The molecule has 8 heteroatoms. The second kappa shape index (κ2) is 8.28. The van der Waals surface area contributed by atoms with Crippen LogP contribution in [0.3, 0.4) is 0 Å². The Kier molecular flexibility index (Phi) is 5.62. The lowest BCUT2D eigenvalue weighted by Gasteiger charge is -2.10. The summed E-state index contributed by atoms with van der Waals surface area (Å²) in [5.41, 5.74) is 3.07. The van der Waals surface area contributed by atoms with E-state index in [1.54, 1.807) is 12.3 Å². The van der Waals surface area contributed by atoms with Crippen molar-refractivity contribution in [2.45, 2.75) is 31.7 Å². The summed E-state index contributed by atoms with van der Waals surface area (Å²) in [5, 5.41) is 14.8. The van der Waals surface area contributed by atoms with E-state index in [0.717, 1.165) is 5.56 Å². The van der Waals surface area contributed by atoms with E-state index in [2.05, 4.69) is 15.1 Å². The summed E-state index contributed by atoms with van der Waals surface area (Å²) in [7, 11) is 0. The van der Waals surface area contributed by atoms with E-state index in [-0.39, 0.29) is 18.0 Å². The van der Waals surface area contributed by atoms with Gasteiger partial charge in [0.1, 0.15) is 0 Å². The van der Waals surface area contributed by atoms with Gasteiger partial charge in [0.25, 0.3) is 5.91 Å². The molecule has 0 atom stereocenters. The highest BCUT2D eigenvalue weighted by molar-refractivity contribution is 5.82. The molecule has 8 nitrogen and oxygen atoms in total. The summed E-state index contributed by atoms with van der Waals surface area (Å²) in [5.74, 6) is -0.445. The minimum Gasteiger partial charge on any atom is -0.477 e. The van der Waals surface area contributed by atoms with Gasteiger partial charge in [-0.2, -0.15) is 5.10 Å². The molecule has 0 spiro atoms. The molecule has 1 aromatic heterocycles. The summed E-state index contributed by atoms with van der Waals surface area (Å²) >= 11 is 0. The van der Waals surface area contributed by atoms with E-state index in [9.17, 15) is 14.9 Å². The van der Waals surface area contributed by atoms with Crippen LogP contribution in [-0.2, 0) is 4.79 Å². The molecule has 1 aliphatic carbocycles. The van der Waals surface area contributed by atoms with Crippen LogP contribution in [0, 0.1) is 10.1 Å². The molecule has 1 aliphatic rings. The lowest BCUT2D eigenvalue weighted by atomic mass is 10.2. The van der Waals surface area contributed by atoms with E-state index in [4.69, 9.17) is 4.74 Å². The van der Waals surface area contributed by atoms with Gasteiger partial charge in [-0.05, 0) is 25.0 Å². The van der Waals surface area contributed by atoms with Gasteiger partial charge in [-0.15, -0.1) is 0 Å². The smallest absolute Gasteiger partial charge is 0.310 e. The lowest BCUT2D eigenvalue weighted by molar-refractivity contribution is -0.385. The van der Waals surface area contributed by atoms with Gasteiger partial charge in [-0.25, -0.2) is 5.43 Å². The number of carbonyl (C=O) groups excluding carboxylic acids is 1. The molecular weight excluding hydrogens is 336 g/mol. The first kappa shape index (κ1) is 17.7. The minimum absolute atomic E-state index is 0.0465. The van der Waals surface area contributed by atoms with Gasteiger partial charge in [0.2, 0.25) is 0 Å². The van der Waals surface area contributed by atoms with Gasteiger partial charge < -0.3 is 9.30 Å². The van der Waals surface area contributed by atoms with Crippen LogP contribution in [-0.4, -0.2) is 28.2 Å². The Morgan fingerprint density at radius 3 is 2.88 bits per heavy atom. The molecule has 1 aromatic carbocycles. The quantitative estimate of drug-likeness (QED) is 0.468. The number of para-hydroxylation sites is 2. The number of nitro groups is 1. The Hall–Kier alpha value is -3.16. The van der Waals surface area contributed by atoms with Crippen LogP contribution in [0.5, 0.6) is 5.75 Å². The predicted octanol–water partition coefficient (Wildman–Crippen LogP) is 3.04. The number of nitro benzene ring substituents is 1. The normalized spacial score (nSPS) is 14.6. The van der Waals surface area contributed by atoms with Crippen molar-refractivity contribution >= 4 is 17.8 Å². The molecule has 0 unspecified atom stereocenters. The summed E-state index contributed by atoms with van der Waals surface area (Å²) in [6.45, 7) is -0.356. The van der Waals surface area contributed by atoms with Crippen molar-refractivity contribution in [1.29, 1.82) is 0 Å². The van der Waals surface area contributed by atoms with E-state index in [1.165, 1.54) is 43.9 Å². The van der Waals surface area contributed by atoms with Crippen LogP contribution in [0.4, 0.5) is 5.69 Å². The molecule has 0 radical (unpaired) electrons. The van der Waals surface area contributed by atoms with Crippen molar-refractivity contribution in [3.63, 3.8) is 0 Å². The van der Waals surface area contributed by atoms with Crippen molar-refractivity contribution in [2.75, 3.05) is 6.61 Å². The maximum absolute atomic E-state index is 11.8. The number of nitrogens with one attached hydrogen (secondary N) is 1. The average Bonchev–Trinajstić information content (AvgIpc) is 3.31.